The largest absolute Gasteiger partial charge is 0.666 e. The maximum atomic E-state index is 11.6. The molecule has 5 heteroatoms. The van der Waals surface area contributed by atoms with Crippen LogP contribution in [0.1, 0.15) is 55.4 Å². The smallest absolute Gasteiger partial charge is 0.287 e. The fourth-order valence-electron chi connectivity index (χ4n) is 1.77. The third kappa shape index (κ3) is 9.07. The minimum absolute atomic E-state index is 0. The number of rotatable bonds is 5. The summed E-state index contributed by atoms with van der Waals surface area (Å²) < 4.78 is 5.39. The van der Waals surface area contributed by atoms with Gasteiger partial charge in [0.05, 0.1) is 6.04 Å². The molecule has 0 fully saturated rings. The van der Waals surface area contributed by atoms with Gasteiger partial charge >= 0.3 is 0 Å². The van der Waals surface area contributed by atoms with Gasteiger partial charge in [0.1, 0.15) is 6.10 Å². The fourth-order valence-corrected chi connectivity index (χ4v) is 1.77. The van der Waals surface area contributed by atoms with E-state index in [9.17, 15) is 4.79 Å². The Morgan fingerprint density at radius 3 is 1.86 bits per heavy atom. The first-order valence-electron chi connectivity index (χ1n) is 7.14. The molecule has 4 nitrogen and oxygen atoms in total. The van der Waals surface area contributed by atoms with Gasteiger partial charge in [-0.25, -0.2) is 0 Å². The number of carbonyl (C=O) groups is 1. The van der Waals surface area contributed by atoms with Crippen molar-refractivity contribution in [3.05, 3.63) is 17.9 Å². The van der Waals surface area contributed by atoms with Crippen molar-refractivity contribution in [2.45, 2.75) is 79.1 Å². The van der Waals surface area contributed by atoms with Crippen LogP contribution in [0.3, 0.4) is 0 Å². The van der Waals surface area contributed by atoms with Crippen molar-refractivity contribution in [1.82, 2.24) is 5.32 Å². The third-order valence-corrected chi connectivity index (χ3v) is 3.05. The molecule has 0 rings (SSSR count). The van der Waals surface area contributed by atoms with Gasteiger partial charge in [0, 0.05) is 38.2 Å². The van der Waals surface area contributed by atoms with Crippen molar-refractivity contribution in [3.63, 3.8) is 0 Å². The Morgan fingerprint density at radius 2 is 1.57 bits per heavy atom. The molecule has 0 saturated carbocycles. The average Bonchev–Trinajstić information content (AvgIpc) is 2.21. The molecule has 0 aliphatic carbocycles. The second-order valence-corrected chi connectivity index (χ2v) is 7.51. The zero-order chi connectivity index (χ0) is 16.3. The van der Waals surface area contributed by atoms with E-state index in [1.807, 2.05) is 6.92 Å². The van der Waals surface area contributed by atoms with Gasteiger partial charge < -0.3 is 15.8 Å². The summed E-state index contributed by atoms with van der Waals surface area (Å²) in [6.45, 7) is 20.0. The van der Waals surface area contributed by atoms with E-state index in [4.69, 9.17) is 10.5 Å². The predicted molar refractivity (Wildman–Crippen MR) is 84.6 cm³/mol. The first-order chi connectivity index (χ1) is 8.75. The number of carbonyl (C=O) groups excluding carboxylic acids is 1. The summed E-state index contributed by atoms with van der Waals surface area (Å²) in [5.74, 6) is -0.500. The molecule has 0 aromatic carbocycles. The SMILES string of the molecule is C=C(C(NC(C)(C)C)C(C)OC(=O)C(C)[NH-])C(C)(C)C.[Y]. The first-order valence-corrected chi connectivity index (χ1v) is 7.14. The minimum Gasteiger partial charge on any atom is -0.666 e. The van der Waals surface area contributed by atoms with Crippen LogP contribution in [0, 0.1) is 5.41 Å². The van der Waals surface area contributed by atoms with Gasteiger partial charge in [-0.15, -0.1) is 0 Å². The molecule has 1 radical (unpaired) electrons. The third-order valence-electron chi connectivity index (χ3n) is 3.05. The second kappa shape index (κ2) is 8.76. The van der Waals surface area contributed by atoms with E-state index >= 15 is 0 Å². The van der Waals surface area contributed by atoms with Crippen LogP contribution in [0.4, 0.5) is 0 Å². The Hall–Kier alpha value is 0.234. The molecular formula is C16H31N2O2Y-. The average molecular weight is 372 g/mol. The van der Waals surface area contributed by atoms with Gasteiger partial charge in [-0.2, -0.15) is 0 Å². The quantitative estimate of drug-likeness (QED) is 0.591. The summed E-state index contributed by atoms with van der Waals surface area (Å²) in [4.78, 5) is 11.6. The van der Waals surface area contributed by atoms with Gasteiger partial charge in [-0.05, 0) is 39.2 Å². The molecule has 0 amide bonds. The van der Waals surface area contributed by atoms with Crippen LogP contribution in [-0.2, 0) is 42.2 Å². The van der Waals surface area contributed by atoms with Crippen LogP contribution in [0.15, 0.2) is 12.2 Å². The maximum absolute atomic E-state index is 11.6. The molecule has 0 spiro atoms. The molecule has 0 heterocycles. The summed E-state index contributed by atoms with van der Waals surface area (Å²) in [5, 5.41) is 3.47. The predicted octanol–water partition coefficient (Wildman–Crippen LogP) is 3.72. The molecule has 21 heavy (non-hydrogen) atoms. The van der Waals surface area contributed by atoms with Crippen molar-refractivity contribution in [3.8, 4) is 0 Å². The maximum Gasteiger partial charge on any atom is 0.287 e. The van der Waals surface area contributed by atoms with Crippen molar-refractivity contribution in [1.29, 1.82) is 0 Å². The van der Waals surface area contributed by atoms with E-state index in [1.54, 1.807) is 0 Å². The van der Waals surface area contributed by atoms with Crippen LogP contribution in [0.5, 0.6) is 0 Å². The molecule has 121 valence electrons. The van der Waals surface area contributed by atoms with E-state index in [2.05, 4.69) is 53.4 Å². The Bertz CT molecular complexity index is 354. The molecule has 0 saturated heterocycles. The standard InChI is InChI=1S/C16H31N2O2.Y/c1-10(15(4,5)6)13(18-16(7,8)9)12(3)20-14(19)11(2)17;/h11-13,17-18H,1H2,2-9H3;/q-1;. The van der Waals surface area contributed by atoms with E-state index < -0.39 is 12.0 Å². The van der Waals surface area contributed by atoms with Gasteiger partial charge in [0.25, 0.3) is 5.97 Å². The molecule has 3 unspecified atom stereocenters. The van der Waals surface area contributed by atoms with Crippen LogP contribution in [-0.4, -0.2) is 29.7 Å². The topological polar surface area (TPSA) is 62.1 Å². The summed E-state index contributed by atoms with van der Waals surface area (Å²) >= 11 is 0. The Morgan fingerprint density at radius 1 is 1.14 bits per heavy atom. The van der Waals surface area contributed by atoms with Gasteiger partial charge in [-0.3, -0.25) is 4.79 Å². The molecule has 0 aromatic heterocycles. The van der Waals surface area contributed by atoms with Gasteiger partial charge in [0.2, 0.25) is 0 Å². The van der Waals surface area contributed by atoms with Crippen molar-refractivity contribution in [2.75, 3.05) is 0 Å². The molecule has 3 atom stereocenters. The van der Waals surface area contributed by atoms with E-state index in [1.165, 1.54) is 6.92 Å². The zero-order valence-electron chi connectivity index (χ0n) is 14.8. The van der Waals surface area contributed by atoms with Crippen LogP contribution in [0.2, 0.25) is 0 Å². The van der Waals surface area contributed by atoms with E-state index in [0.717, 1.165) is 5.57 Å². The summed E-state index contributed by atoms with van der Waals surface area (Å²) in [6, 6.07) is -1.01. The van der Waals surface area contributed by atoms with Crippen molar-refractivity contribution < 1.29 is 42.2 Å². The molecular weight excluding hydrogens is 341 g/mol. The van der Waals surface area contributed by atoms with Crippen LogP contribution in [0.25, 0.3) is 5.73 Å². The second-order valence-electron chi connectivity index (χ2n) is 7.51. The van der Waals surface area contributed by atoms with Crippen molar-refractivity contribution >= 4 is 5.97 Å². The number of nitrogens with one attached hydrogen (secondary N) is 2. The molecule has 2 N–H and O–H groups in total. The zero-order valence-corrected chi connectivity index (χ0v) is 17.7. The minimum atomic E-state index is -0.865. The van der Waals surface area contributed by atoms with E-state index in [-0.39, 0.29) is 55.8 Å². The molecule has 0 bridgehead atoms. The van der Waals surface area contributed by atoms with Crippen molar-refractivity contribution in [2.24, 2.45) is 5.41 Å². The van der Waals surface area contributed by atoms with Crippen LogP contribution >= 0.6 is 0 Å². The Balaban J connectivity index is 0. The number of ether oxygens (including phenoxy) is 1. The molecule has 0 aliphatic heterocycles. The summed E-state index contributed by atoms with van der Waals surface area (Å²) in [5.41, 5.74) is 8.20. The number of hydrogen-bond donors (Lipinski definition) is 1. The van der Waals surface area contributed by atoms with Crippen LogP contribution < -0.4 is 5.32 Å². The Kier molecular flexibility index (Phi) is 9.80. The first kappa shape index (κ1) is 23.5. The van der Waals surface area contributed by atoms with Gasteiger partial charge in [0.15, 0.2) is 0 Å². The normalized spacial score (nSPS) is 16.4. The molecule has 0 aliphatic rings. The summed E-state index contributed by atoms with van der Waals surface area (Å²) in [7, 11) is 0. The van der Waals surface area contributed by atoms with E-state index in [0.29, 0.717) is 0 Å². The monoisotopic (exact) mass is 372 g/mol. The molecule has 0 aromatic rings. The fraction of sp³-hybridized carbons (Fsp3) is 0.812. The number of hydrogen-bond acceptors (Lipinski definition) is 3. The summed E-state index contributed by atoms with van der Waals surface area (Å²) in [6.07, 6.45) is -0.360. The van der Waals surface area contributed by atoms with Gasteiger partial charge in [-0.1, -0.05) is 39.8 Å². The number of esters is 1. The Labute approximate surface area is 155 Å².